The number of nitro benzene ring substituents is 2. The Balaban J connectivity index is 1.86. The highest BCUT2D eigenvalue weighted by atomic mass is 35.5. The molecule has 0 spiro atoms. The van der Waals surface area contributed by atoms with Gasteiger partial charge in [-0.15, -0.1) is 0 Å². The van der Waals surface area contributed by atoms with E-state index in [1.54, 1.807) is 6.07 Å². The molecule has 3 aromatic rings. The number of non-ortho nitro benzene ring substituents is 1. The van der Waals surface area contributed by atoms with Crippen molar-refractivity contribution < 1.29 is 19.1 Å². The third kappa shape index (κ3) is 4.92. The molecule has 160 valence electrons. The first-order valence-corrected chi connectivity index (χ1v) is 9.36. The molecule has 2 aromatic carbocycles. The van der Waals surface area contributed by atoms with Crippen LogP contribution in [0.25, 0.3) is 17.4 Å². The minimum Gasteiger partial charge on any atom is -0.457 e. The topological polar surface area (TPSA) is 152 Å². The highest BCUT2D eigenvalue weighted by molar-refractivity contribution is 6.33. The molecule has 1 aromatic heterocycles. The molecule has 0 atom stereocenters. The molecule has 0 saturated heterocycles. The number of hydrogen-bond acceptors (Lipinski definition) is 7. The summed E-state index contributed by atoms with van der Waals surface area (Å²) < 4.78 is 5.56. The molecule has 0 radical (unpaired) electrons. The molecule has 1 heterocycles. The van der Waals surface area contributed by atoms with Crippen molar-refractivity contribution in [3.8, 4) is 17.4 Å². The third-order valence-electron chi connectivity index (χ3n) is 4.11. The molecule has 12 heteroatoms. The lowest BCUT2D eigenvalue weighted by atomic mass is 10.1. The van der Waals surface area contributed by atoms with E-state index in [1.165, 1.54) is 42.5 Å². The van der Waals surface area contributed by atoms with Crippen LogP contribution in [0.1, 0.15) is 5.76 Å². The lowest BCUT2D eigenvalue weighted by Gasteiger charge is -2.04. The summed E-state index contributed by atoms with van der Waals surface area (Å²) in [5.74, 6) is -0.539. The minimum atomic E-state index is -0.838. The van der Waals surface area contributed by atoms with Crippen molar-refractivity contribution in [1.82, 2.24) is 0 Å². The summed E-state index contributed by atoms with van der Waals surface area (Å²) in [6, 6.07) is 12.1. The fourth-order valence-electron chi connectivity index (χ4n) is 2.61. The fourth-order valence-corrected chi connectivity index (χ4v) is 3.01. The molecule has 10 nitrogen and oxygen atoms in total. The molecule has 0 aliphatic carbocycles. The second-order valence-corrected chi connectivity index (χ2v) is 6.98. The summed E-state index contributed by atoms with van der Waals surface area (Å²) in [7, 11) is 0. The standard InChI is InChI=1S/C20H10Cl2N4O6/c21-16-5-2-13(25(28)29)9-15(16)19-6-3-14(32-19)7-11(10-23)20(27)24-12-1-4-17(22)18(8-12)26(30)31/h1-9H,(H,24,27)/b11-7+. The van der Waals surface area contributed by atoms with E-state index >= 15 is 0 Å². The number of nitriles is 1. The monoisotopic (exact) mass is 472 g/mol. The minimum absolute atomic E-state index is 0.0655. The van der Waals surface area contributed by atoms with Crippen LogP contribution in [-0.2, 0) is 4.79 Å². The molecule has 0 unspecified atom stereocenters. The molecular weight excluding hydrogens is 463 g/mol. The van der Waals surface area contributed by atoms with Gasteiger partial charge in [0.15, 0.2) is 0 Å². The normalized spacial score (nSPS) is 11.0. The molecule has 32 heavy (non-hydrogen) atoms. The molecule has 0 bridgehead atoms. The van der Waals surface area contributed by atoms with Crippen molar-refractivity contribution in [2.75, 3.05) is 5.32 Å². The maximum atomic E-state index is 12.4. The highest BCUT2D eigenvalue weighted by Gasteiger charge is 2.17. The molecule has 0 fully saturated rings. The van der Waals surface area contributed by atoms with Crippen LogP contribution in [0.2, 0.25) is 10.0 Å². The number of anilines is 1. The van der Waals surface area contributed by atoms with Crippen LogP contribution in [0.5, 0.6) is 0 Å². The van der Waals surface area contributed by atoms with Crippen LogP contribution < -0.4 is 5.32 Å². The number of nitrogens with zero attached hydrogens (tertiary/aromatic N) is 3. The average molecular weight is 473 g/mol. The van der Waals surface area contributed by atoms with Gasteiger partial charge in [-0.2, -0.15) is 5.26 Å². The van der Waals surface area contributed by atoms with Crippen LogP contribution in [0.3, 0.4) is 0 Å². The van der Waals surface area contributed by atoms with Crippen molar-refractivity contribution in [1.29, 1.82) is 5.26 Å². The second kappa shape index (κ2) is 9.30. The van der Waals surface area contributed by atoms with Gasteiger partial charge in [0.1, 0.15) is 28.2 Å². The van der Waals surface area contributed by atoms with Gasteiger partial charge in [-0.3, -0.25) is 25.0 Å². The SMILES string of the molecule is N#C/C(=C\c1ccc(-c2cc([N+](=O)[O-])ccc2Cl)o1)C(=O)Nc1ccc(Cl)c([N+](=O)[O-])c1. The predicted octanol–water partition coefficient (Wildman–Crippen LogP) is 5.62. The van der Waals surface area contributed by atoms with Crippen LogP contribution in [-0.4, -0.2) is 15.8 Å². The molecule has 0 aliphatic rings. The smallest absolute Gasteiger partial charge is 0.289 e. The lowest BCUT2D eigenvalue weighted by molar-refractivity contribution is -0.384. The predicted molar refractivity (Wildman–Crippen MR) is 116 cm³/mol. The van der Waals surface area contributed by atoms with Crippen molar-refractivity contribution in [3.05, 3.63) is 90.1 Å². The number of nitrogens with one attached hydrogen (secondary N) is 1. The van der Waals surface area contributed by atoms with E-state index in [4.69, 9.17) is 27.6 Å². The summed E-state index contributed by atoms with van der Waals surface area (Å²) in [5, 5.41) is 33.8. The van der Waals surface area contributed by atoms with Gasteiger partial charge in [-0.1, -0.05) is 23.2 Å². The first-order chi connectivity index (χ1) is 15.2. The lowest BCUT2D eigenvalue weighted by Crippen LogP contribution is -2.13. The number of amides is 1. The van der Waals surface area contributed by atoms with Gasteiger partial charge in [0.2, 0.25) is 0 Å². The van der Waals surface area contributed by atoms with Crippen molar-refractivity contribution in [2.45, 2.75) is 0 Å². The zero-order chi connectivity index (χ0) is 23.4. The first kappa shape index (κ1) is 22.5. The maximum absolute atomic E-state index is 12.4. The number of benzene rings is 2. The summed E-state index contributed by atoms with van der Waals surface area (Å²) in [4.78, 5) is 33.1. The quantitative estimate of drug-likeness (QED) is 0.211. The molecule has 1 N–H and O–H groups in total. The van der Waals surface area contributed by atoms with Crippen LogP contribution in [0.4, 0.5) is 17.1 Å². The number of carbonyl (C=O) groups is 1. The van der Waals surface area contributed by atoms with Gasteiger partial charge in [0, 0.05) is 35.5 Å². The van der Waals surface area contributed by atoms with Gasteiger partial charge in [-0.25, -0.2) is 0 Å². The Hall–Kier alpha value is -4.20. The Kier molecular flexibility index (Phi) is 6.53. The van der Waals surface area contributed by atoms with Gasteiger partial charge in [-0.05, 0) is 30.3 Å². The van der Waals surface area contributed by atoms with E-state index in [2.05, 4.69) is 5.32 Å². The van der Waals surface area contributed by atoms with Gasteiger partial charge in [0.05, 0.1) is 14.9 Å². The molecule has 0 aliphatic heterocycles. The van der Waals surface area contributed by atoms with E-state index in [-0.39, 0.29) is 44.1 Å². The number of furan rings is 1. The van der Waals surface area contributed by atoms with Crippen molar-refractivity contribution in [2.24, 2.45) is 0 Å². The molecular formula is C20H10Cl2N4O6. The highest BCUT2D eigenvalue weighted by Crippen LogP contribution is 2.33. The molecule has 3 rings (SSSR count). The average Bonchev–Trinajstić information content (AvgIpc) is 3.21. The number of nitro groups is 2. The third-order valence-corrected chi connectivity index (χ3v) is 4.75. The molecule has 0 saturated carbocycles. The summed E-state index contributed by atoms with van der Waals surface area (Å²) in [6.07, 6.45) is 1.15. The fraction of sp³-hybridized carbons (Fsp3) is 0. The summed E-state index contributed by atoms with van der Waals surface area (Å²) in [5.41, 5.74) is -0.621. The Morgan fingerprint density at radius 2 is 1.75 bits per heavy atom. The Morgan fingerprint density at radius 3 is 2.41 bits per heavy atom. The summed E-state index contributed by atoms with van der Waals surface area (Å²) in [6.45, 7) is 0. The van der Waals surface area contributed by atoms with Crippen LogP contribution >= 0.6 is 23.2 Å². The van der Waals surface area contributed by atoms with Crippen molar-refractivity contribution >= 4 is 52.2 Å². The number of rotatable bonds is 6. The number of carbonyl (C=O) groups excluding carboxylic acids is 1. The Labute approximate surface area is 189 Å². The summed E-state index contributed by atoms with van der Waals surface area (Å²) >= 11 is 11.8. The van der Waals surface area contributed by atoms with Gasteiger partial charge < -0.3 is 9.73 Å². The van der Waals surface area contributed by atoms with E-state index in [1.807, 2.05) is 0 Å². The van der Waals surface area contributed by atoms with Crippen molar-refractivity contribution in [3.63, 3.8) is 0 Å². The first-order valence-electron chi connectivity index (χ1n) is 8.61. The molecule has 1 amide bonds. The van der Waals surface area contributed by atoms with Gasteiger partial charge >= 0.3 is 0 Å². The Morgan fingerprint density at radius 1 is 1.03 bits per heavy atom. The van der Waals surface area contributed by atoms with Crippen LogP contribution in [0, 0.1) is 31.6 Å². The van der Waals surface area contributed by atoms with Crippen LogP contribution in [0.15, 0.2) is 58.5 Å². The Bertz CT molecular complexity index is 1330. The van der Waals surface area contributed by atoms with E-state index in [9.17, 15) is 30.3 Å². The van der Waals surface area contributed by atoms with E-state index in [0.717, 1.165) is 12.1 Å². The maximum Gasteiger partial charge on any atom is 0.289 e. The zero-order valence-electron chi connectivity index (χ0n) is 15.7. The van der Waals surface area contributed by atoms with Gasteiger partial charge in [0.25, 0.3) is 17.3 Å². The largest absolute Gasteiger partial charge is 0.457 e. The number of halogens is 2. The number of hydrogen-bond donors (Lipinski definition) is 1. The second-order valence-electron chi connectivity index (χ2n) is 6.17. The zero-order valence-corrected chi connectivity index (χ0v) is 17.3. The van der Waals surface area contributed by atoms with E-state index < -0.39 is 21.4 Å². The van der Waals surface area contributed by atoms with E-state index in [0.29, 0.717) is 0 Å².